The van der Waals surface area contributed by atoms with Crippen molar-refractivity contribution in [1.82, 2.24) is 4.90 Å². The van der Waals surface area contributed by atoms with E-state index in [4.69, 9.17) is 4.84 Å². The van der Waals surface area contributed by atoms with Crippen molar-refractivity contribution < 1.29 is 4.84 Å². The Bertz CT molecular complexity index is 654. The highest BCUT2D eigenvalue weighted by atomic mass is 32.2. The quantitative estimate of drug-likeness (QED) is 0.371. The van der Waals surface area contributed by atoms with E-state index in [9.17, 15) is 0 Å². The number of hydrogen-bond acceptors (Lipinski definition) is 6. The predicted molar refractivity (Wildman–Crippen MR) is 107 cm³/mol. The number of thiol groups is 2. The summed E-state index contributed by atoms with van der Waals surface area (Å²) in [5, 5.41) is 4.02. The lowest BCUT2D eigenvalue weighted by Crippen LogP contribution is -2.47. The van der Waals surface area contributed by atoms with Crippen molar-refractivity contribution in [3.05, 3.63) is 60.2 Å². The van der Waals surface area contributed by atoms with E-state index in [2.05, 4.69) is 52.3 Å². The molecule has 1 aliphatic heterocycles. The Balaban J connectivity index is 1.53. The number of piperazine rings is 1. The highest BCUT2D eigenvalue weighted by Crippen LogP contribution is 2.22. The fourth-order valence-corrected chi connectivity index (χ4v) is 3.08. The summed E-state index contributed by atoms with van der Waals surface area (Å²) < 4.78 is 0.0189. The molecule has 0 spiro atoms. The van der Waals surface area contributed by atoms with Crippen LogP contribution in [0.4, 0.5) is 5.69 Å². The van der Waals surface area contributed by atoms with Gasteiger partial charge in [0.2, 0.25) is 0 Å². The molecule has 0 saturated carbocycles. The molecule has 2 aromatic rings. The van der Waals surface area contributed by atoms with Crippen LogP contribution in [-0.4, -0.2) is 42.0 Å². The molecule has 4 nitrogen and oxygen atoms in total. The Morgan fingerprint density at radius 3 is 2.21 bits per heavy atom. The molecule has 1 saturated heterocycles. The van der Waals surface area contributed by atoms with Crippen molar-refractivity contribution in [1.29, 1.82) is 0 Å². The molecule has 2 aromatic carbocycles. The van der Waals surface area contributed by atoms with Gasteiger partial charge in [-0.25, -0.2) is 0 Å². The van der Waals surface area contributed by atoms with E-state index in [1.165, 1.54) is 5.69 Å². The monoisotopic (exact) mass is 359 g/mol. The molecule has 0 N–H and O–H groups in total. The Hall–Kier alpha value is -1.63. The van der Waals surface area contributed by atoms with Gasteiger partial charge in [-0.3, -0.25) is 4.90 Å². The second-order valence-corrected chi connectivity index (χ2v) is 6.99. The standard InChI is InChI=1S/C18H21N3OS2/c23-18(24)21-12-10-20(11-13-21)16-6-8-17(9-7-16)22-19-14-15-4-2-1-3-5-15/h1-9,14,18,23-24H,10-13H2/b19-14+. The molecule has 6 heteroatoms. The van der Waals surface area contributed by atoms with Gasteiger partial charge in [0.05, 0.1) is 10.9 Å². The number of benzene rings is 2. The summed E-state index contributed by atoms with van der Waals surface area (Å²) in [5.41, 5.74) is 2.21. The zero-order valence-electron chi connectivity index (χ0n) is 13.3. The number of hydrogen-bond donors (Lipinski definition) is 2. The summed E-state index contributed by atoms with van der Waals surface area (Å²) in [6, 6.07) is 17.9. The maximum atomic E-state index is 5.42. The van der Waals surface area contributed by atoms with Gasteiger partial charge in [0, 0.05) is 31.9 Å². The van der Waals surface area contributed by atoms with Crippen molar-refractivity contribution in [2.45, 2.75) is 4.71 Å². The first-order chi connectivity index (χ1) is 11.7. The zero-order valence-corrected chi connectivity index (χ0v) is 15.1. The largest absolute Gasteiger partial charge is 0.369 e. The Morgan fingerprint density at radius 2 is 1.58 bits per heavy atom. The van der Waals surface area contributed by atoms with Crippen LogP contribution in [0, 0.1) is 0 Å². The van der Waals surface area contributed by atoms with Gasteiger partial charge in [-0.05, 0) is 29.8 Å². The molecule has 0 bridgehead atoms. The van der Waals surface area contributed by atoms with Gasteiger partial charge in [-0.2, -0.15) is 0 Å². The van der Waals surface area contributed by atoms with Crippen LogP contribution in [0.15, 0.2) is 59.8 Å². The predicted octanol–water partition coefficient (Wildman–Crippen LogP) is 3.36. The fourth-order valence-electron chi connectivity index (χ4n) is 2.62. The zero-order chi connectivity index (χ0) is 16.8. The molecule has 1 heterocycles. The Morgan fingerprint density at radius 1 is 0.917 bits per heavy atom. The van der Waals surface area contributed by atoms with Gasteiger partial charge in [0.25, 0.3) is 0 Å². The highest BCUT2D eigenvalue weighted by Gasteiger charge is 2.19. The van der Waals surface area contributed by atoms with Crippen molar-refractivity contribution in [2.75, 3.05) is 31.1 Å². The van der Waals surface area contributed by atoms with E-state index in [0.29, 0.717) is 0 Å². The van der Waals surface area contributed by atoms with Gasteiger partial charge in [-0.15, -0.1) is 25.3 Å². The topological polar surface area (TPSA) is 28.1 Å². The van der Waals surface area contributed by atoms with E-state index < -0.39 is 0 Å². The van der Waals surface area contributed by atoms with Gasteiger partial charge >= 0.3 is 0 Å². The summed E-state index contributed by atoms with van der Waals surface area (Å²) in [5.74, 6) is 0.732. The second-order valence-electron chi connectivity index (χ2n) is 5.60. The van der Waals surface area contributed by atoms with Crippen molar-refractivity contribution in [2.24, 2.45) is 5.16 Å². The number of oxime groups is 1. The molecular weight excluding hydrogens is 338 g/mol. The van der Waals surface area contributed by atoms with Crippen LogP contribution >= 0.6 is 25.3 Å². The Kier molecular flexibility index (Phi) is 6.07. The molecule has 0 amide bonds. The molecule has 0 unspecified atom stereocenters. The first-order valence-electron chi connectivity index (χ1n) is 7.93. The molecule has 0 radical (unpaired) electrons. The van der Waals surface area contributed by atoms with E-state index in [-0.39, 0.29) is 4.71 Å². The van der Waals surface area contributed by atoms with Crippen molar-refractivity contribution >= 4 is 37.2 Å². The van der Waals surface area contributed by atoms with Crippen LogP contribution in [-0.2, 0) is 0 Å². The molecular formula is C18H21N3OS2. The van der Waals surface area contributed by atoms with Crippen molar-refractivity contribution in [3.63, 3.8) is 0 Å². The third-order valence-corrected chi connectivity index (χ3v) is 4.66. The lowest BCUT2D eigenvalue weighted by molar-refractivity contribution is 0.287. The normalized spacial score (nSPS) is 16.0. The second kappa shape index (κ2) is 8.46. The molecule has 1 aliphatic rings. The third-order valence-electron chi connectivity index (χ3n) is 4.00. The van der Waals surface area contributed by atoms with Crippen LogP contribution in [0.5, 0.6) is 5.75 Å². The lowest BCUT2D eigenvalue weighted by Gasteiger charge is -2.37. The molecule has 0 atom stereocenters. The highest BCUT2D eigenvalue weighted by molar-refractivity contribution is 7.99. The molecule has 0 aliphatic carbocycles. The number of rotatable bonds is 5. The SMILES string of the molecule is SC(S)N1CCN(c2ccc(O/N=C/c3ccccc3)cc2)CC1. The van der Waals surface area contributed by atoms with E-state index >= 15 is 0 Å². The fraction of sp³-hybridized carbons (Fsp3) is 0.278. The molecule has 24 heavy (non-hydrogen) atoms. The van der Waals surface area contributed by atoms with Crippen LogP contribution < -0.4 is 9.74 Å². The summed E-state index contributed by atoms with van der Waals surface area (Å²) in [4.78, 5) is 10.0. The van der Waals surface area contributed by atoms with Crippen LogP contribution in [0.2, 0.25) is 0 Å². The number of anilines is 1. The lowest BCUT2D eigenvalue weighted by atomic mass is 10.2. The van der Waals surface area contributed by atoms with Gasteiger partial charge in [0.1, 0.15) is 0 Å². The van der Waals surface area contributed by atoms with Crippen LogP contribution in [0.25, 0.3) is 0 Å². The van der Waals surface area contributed by atoms with E-state index in [1.54, 1.807) is 6.21 Å². The summed E-state index contributed by atoms with van der Waals surface area (Å²) >= 11 is 8.74. The smallest absolute Gasteiger partial charge is 0.158 e. The van der Waals surface area contributed by atoms with Gasteiger partial charge < -0.3 is 9.74 Å². The summed E-state index contributed by atoms with van der Waals surface area (Å²) in [7, 11) is 0. The first kappa shape index (κ1) is 17.2. The number of nitrogens with zero attached hydrogens (tertiary/aromatic N) is 3. The third kappa shape index (κ3) is 4.69. The minimum atomic E-state index is 0.0189. The van der Waals surface area contributed by atoms with Gasteiger partial charge in [0.15, 0.2) is 5.75 Å². The van der Waals surface area contributed by atoms with E-state index in [1.807, 2.05) is 42.5 Å². The van der Waals surface area contributed by atoms with Gasteiger partial charge in [-0.1, -0.05) is 35.5 Å². The van der Waals surface area contributed by atoms with Crippen LogP contribution in [0.3, 0.4) is 0 Å². The summed E-state index contributed by atoms with van der Waals surface area (Å²) in [6.45, 7) is 3.89. The average molecular weight is 360 g/mol. The molecule has 126 valence electrons. The summed E-state index contributed by atoms with van der Waals surface area (Å²) in [6.07, 6.45) is 1.71. The minimum absolute atomic E-state index is 0.0189. The molecule has 3 rings (SSSR count). The van der Waals surface area contributed by atoms with Crippen LogP contribution in [0.1, 0.15) is 5.56 Å². The maximum absolute atomic E-state index is 5.42. The molecule has 0 aromatic heterocycles. The minimum Gasteiger partial charge on any atom is -0.369 e. The molecule has 1 fully saturated rings. The average Bonchev–Trinajstić information content (AvgIpc) is 2.63. The first-order valence-corrected chi connectivity index (χ1v) is 8.96. The Labute approximate surface area is 153 Å². The van der Waals surface area contributed by atoms with Crippen molar-refractivity contribution in [3.8, 4) is 5.75 Å². The van der Waals surface area contributed by atoms with E-state index in [0.717, 1.165) is 37.5 Å². The maximum Gasteiger partial charge on any atom is 0.158 e.